The zero-order chi connectivity index (χ0) is 51.2. The Morgan fingerprint density at radius 2 is 0.841 bits per heavy atom. The van der Waals surface area contributed by atoms with Crippen LogP contribution in [0.25, 0.3) is 0 Å². The summed E-state index contributed by atoms with van der Waals surface area (Å²) in [6.07, 6.45) is -14.4. The number of nitrogens with zero attached hydrogens (tertiary/aromatic N) is 1. The predicted molar refractivity (Wildman–Crippen MR) is 227 cm³/mol. The lowest BCUT2D eigenvalue weighted by Gasteiger charge is -2.44. The highest BCUT2D eigenvalue weighted by atomic mass is 16.7. The average molecular weight is 984 g/mol. The van der Waals surface area contributed by atoms with E-state index in [1.165, 1.54) is 4.90 Å². The first kappa shape index (κ1) is 57.1. The summed E-state index contributed by atoms with van der Waals surface area (Å²) in [6.45, 7) is 6.45. The Bertz CT molecular complexity index is 1830. The van der Waals surface area contributed by atoms with Gasteiger partial charge in [-0.2, -0.15) is 0 Å². The molecule has 10 atom stereocenters. The number of benzene rings is 1. The van der Waals surface area contributed by atoms with Crippen LogP contribution in [0.3, 0.4) is 0 Å². The molecule has 384 valence electrons. The van der Waals surface area contributed by atoms with Gasteiger partial charge in [-0.1, -0.05) is 30.3 Å². The van der Waals surface area contributed by atoms with E-state index in [2.05, 4.69) is 0 Å². The molecular weight excluding hydrogens is 922 g/mol. The molecule has 2 heterocycles. The van der Waals surface area contributed by atoms with E-state index >= 15 is 0 Å². The van der Waals surface area contributed by atoms with Crippen molar-refractivity contribution in [2.45, 2.75) is 149 Å². The molecule has 1 aromatic carbocycles. The molecule has 24 heteroatoms. The van der Waals surface area contributed by atoms with Crippen LogP contribution in [0.15, 0.2) is 30.3 Å². The SMILES string of the molecule is CC(=O)OC[C@H]1O[C@H](OCCN(CCO[C@H]2O[C@H](COC(C)=O)[C@@H](OC(C)=O)[C@H](OC(C)=O)[C@@H]2OC(C)=O)C(=O)CCCCC(=O)OCc2ccccc2)[C@@H](OC(C)=O)[C@@H](OC(C)=O)[C@@H]1OC(C)=O. The quantitative estimate of drug-likeness (QED) is 0.0758. The van der Waals surface area contributed by atoms with Gasteiger partial charge < -0.3 is 66.5 Å². The molecule has 0 spiro atoms. The van der Waals surface area contributed by atoms with Gasteiger partial charge in [0, 0.05) is 81.3 Å². The Balaban J connectivity index is 1.88. The number of esters is 9. The van der Waals surface area contributed by atoms with Crippen molar-refractivity contribution in [2.75, 3.05) is 39.5 Å². The molecule has 1 amide bonds. The molecule has 2 saturated heterocycles. The summed E-state index contributed by atoms with van der Waals surface area (Å²) in [6, 6.07) is 9.06. The van der Waals surface area contributed by atoms with E-state index in [0.717, 1.165) is 61.0 Å². The fourth-order valence-electron chi connectivity index (χ4n) is 7.08. The summed E-state index contributed by atoms with van der Waals surface area (Å²) in [5.41, 5.74) is 0.800. The predicted octanol–water partition coefficient (Wildman–Crippen LogP) is 1.32. The van der Waals surface area contributed by atoms with Gasteiger partial charge in [0.25, 0.3) is 0 Å². The molecule has 3 rings (SSSR count). The zero-order valence-corrected chi connectivity index (χ0v) is 39.8. The molecule has 1 aromatic rings. The van der Waals surface area contributed by atoms with Gasteiger partial charge in [0.2, 0.25) is 5.91 Å². The average Bonchev–Trinajstić information content (AvgIpc) is 3.25. The fraction of sp³-hybridized carbons (Fsp3) is 0.644. The van der Waals surface area contributed by atoms with Crippen molar-refractivity contribution in [3.8, 4) is 0 Å². The van der Waals surface area contributed by atoms with Gasteiger partial charge in [-0.3, -0.25) is 47.9 Å². The van der Waals surface area contributed by atoms with Gasteiger partial charge in [-0.25, -0.2) is 0 Å². The molecule has 0 aliphatic carbocycles. The van der Waals surface area contributed by atoms with Crippen molar-refractivity contribution in [3.05, 3.63) is 35.9 Å². The number of unbranched alkanes of at least 4 members (excludes halogenated alkanes) is 1. The van der Waals surface area contributed by atoms with E-state index in [0.29, 0.717) is 0 Å². The lowest BCUT2D eigenvalue weighted by atomic mass is 9.98. The second-order valence-electron chi connectivity index (χ2n) is 15.6. The minimum Gasteiger partial charge on any atom is -0.463 e. The Morgan fingerprint density at radius 1 is 0.464 bits per heavy atom. The third kappa shape index (κ3) is 20.5. The van der Waals surface area contributed by atoms with E-state index in [1.54, 1.807) is 12.1 Å². The third-order valence-corrected chi connectivity index (χ3v) is 9.80. The molecule has 0 bridgehead atoms. The van der Waals surface area contributed by atoms with E-state index in [4.69, 9.17) is 61.6 Å². The summed E-state index contributed by atoms with van der Waals surface area (Å²) in [5.74, 6) is -7.52. The maximum atomic E-state index is 13.9. The summed E-state index contributed by atoms with van der Waals surface area (Å²) in [4.78, 5) is 125. The first-order valence-electron chi connectivity index (χ1n) is 22.0. The molecule has 0 aromatic heterocycles. The first-order chi connectivity index (χ1) is 32.6. The smallest absolute Gasteiger partial charge is 0.306 e. The van der Waals surface area contributed by atoms with Crippen molar-refractivity contribution in [2.24, 2.45) is 0 Å². The van der Waals surface area contributed by atoms with Crippen LogP contribution in [0.1, 0.15) is 86.6 Å². The summed E-state index contributed by atoms with van der Waals surface area (Å²) in [5, 5.41) is 0. The number of hydrogen-bond acceptors (Lipinski definition) is 23. The summed E-state index contributed by atoms with van der Waals surface area (Å²) >= 11 is 0. The third-order valence-electron chi connectivity index (χ3n) is 9.80. The second-order valence-corrected chi connectivity index (χ2v) is 15.6. The number of amides is 1. The summed E-state index contributed by atoms with van der Waals surface area (Å²) < 4.78 is 72.3. The molecule has 2 fully saturated rings. The lowest BCUT2D eigenvalue weighted by Crippen LogP contribution is -2.63. The number of rotatable bonds is 25. The van der Waals surface area contributed by atoms with Gasteiger partial charge in [0.15, 0.2) is 49.2 Å². The van der Waals surface area contributed by atoms with Crippen LogP contribution >= 0.6 is 0 Å². The van der Waals surface area contributed by atoms with Crippen LogP contribution in [-0.2, 0) is 116 Å². The van der Waals surface area contributed by atoms with Crippen molar-refractivity contribution in [1.29, 1.82) is 0 Å². The van der Waals surface area contributed by atoms with Gasteiger partial charge >= 0.3 is 53.7 Å². The van der Waals surface area contributed by atoms with E-state index in [-0.39, 0.29) is 58.6 Å². The van der Waals surface area contributed by atoms with Crippen LogP contribution in [0.2, 0.25) is 0 Å². The lowest BCUT2D eigenvalue weighted by molar-refractivity contribution is -0.309. The Kier molecular flexibility index (Phi) is 23.9. The standard InChI is InChI=1S/C45H61NO23/c1-25(47)59-23-34-38(62-27(3)49)40(64-29(5)51)42(66-31(7)53)44(68-34)57-20-18-46(36(55)16-12-13-17-37(56)61-22-33-14-10-9-11-15-33)19-21-58-45-43(67-32(8)54)41(65-30(6)52)39(63-28(4)50)35(69-45)24-60-26(2)48/h9-11,14-15,34-35,38-45H,12-13,16-24H2,1-8H3/t34-,35-,38-,39-,40+,41+,42+,43+,44+,45+/m1/s1. The molecule has 0 unspecified atom stereocenters. The van der Waals surface area contributed by atoms with E-state index < -0.39 is 134 Å². The maximum absolute atomic E-state index is 13.9. The van der Waals surface area contributed by atoms with E-state index in [1.807, 2.05) is 18.2 Å². The van der Waals surface area contributed by atoms with Crippen molar-refractivity contribution < 1.29 is 110 Å². The normalized spacial score (nSPS) is 24.0. The first-order valence-corrected chi connectivity index (χ1v) is 22.0. The van der Waals surface area contributed by atoms with Crippen LogP contribution in [-0.4, -0.2) is 165 Å². The van der Waals surface area contributed by atoms with Crippen LogP contribution in [0.4, 0.5) is 0 Å². The van der Waals surface area contributed by atoms with Crippen molar-refractivity contribution in [1.82, 2.24) is 4.90 Å². The zero-order valence-electron chi connectivity index (χ0n) is 39.8. The minimum atomic E-state index is -1.57. The Labute approximate surface area is 398 Å². The molecule has 24 nitrogen and oxygen atoms in total. The highest BCUT2D eigenvalue weighted by Crippen LogP contribution is 2.32. The molecule has 0 N–H and O–H groups in total. The minimum absolute atomic E-state index is 0.0120. The molecule has 0 saturated carbocycles. The number of hydrogen-bond donors (Lipinski definition) is 0. The Morgan fingerprint density at radius 3 is 1.23 bits per heavy atom. The van der Waals surface area contributed by atoms with Gasteiger partial charge in [0.1, 0.15) is 32.0 Å². The molecule has 2 aliphatic rings. The molecule has 69 heavy (non-hydrogen) atoms. The summed E-state index contributed by atoms with van der Waals surface area (Å²) in [7, 11) is 0. The monoisotopic (exact) mass is 983 g/mol. The van der Waals surface area contributed by atoms with Gasteiger partial charge in [-0.05, 0) is 18.4 Å². The highest BCUT2D eigenvalue weighted by Gasteiger charge is 2.54. The van der Waals surface area contributed by atoms with Crippen LogP contribution in [0, 0.1) is 0 Å². The molecular formula is C45H61NO23. The van der Waals surface area contributed by atoms with E-state index in [9.17, 15) is 47.9 Å². The highest BCUT2D eigenvalue weighted by molar-refractivity contribution is 5.76. The van der Waals surface area contributed by atoms with Gasteiger partial charge in [0.05, 0.1) is 13.2 Å². The maximum Gasteiger partial charge on any atom is 0.306 e. The number of ether oxygens (including phenoxy) is 13. The van der Waals surface area contributed by atoms with Gasteiger partial charge in [-0.15, -0.1) is 0 Å². The second kappa shape index (κ2) is 28.9. The topological polar surface area (TPSA) is 294 Å². The van der Waals surface area contributed by atoms with Crippen molar-refractivity contribution >= 4 is 59.6 Å². The van der Waals surface area contributed by atoms with Crippen molar-refractivity contribution in [3.63, 3.8) is 0 Å². The molecule has 0 radical (unpaired) electrons. The van der Waals surface area contributed by atoms with Crippen LogP contribution < -0.4 is 0 Å². The van der Waals surface area contributed by atoms with Crippen LogP contribution in [0.5, 0.6) is 0 Å². The molecule has 2 aliphatic heterocycles. The largest absolute Gasteiger partial charge is 0.463 e. The fourth-order valence-corrected chi connectivity index (χ4v) is 7.08. The number of carbonyl (C=O) groups excluding carboxylic acids is 10. The Hall–Kier alpha value is -6.24. The number of carbonyl (C=O) groups is 10.